The number of carbonyl (C=O) groups excluding carboxylic acids is 1. The zero-order valence-corrected chi connectivity index (χ0v) is 16.3. The van der Waals surface area contributed by atoms with Crippen molar-refractivity contribution in [3.05, 3.63) is 46.8 Å². The van der Waals surface area contributed by atoms with Crippen LogP contribution in [0.25, 0.3) is 20.7 Å². The Kier molecular flexibility index (Phi) is 4.84. The second-order valence-electron chi connectivity index (χ2n) is 6.92. The third-order valence-electron chi connectivity index (χ3n) is 3.96. The van der Waals surface area contributed by atoms with Crippen molar-refractivity contribution in [3.8, 4) is 10.4 Å². The van der Waals surface area contributed by atoms with Crippen LogP contribution in [0.1, 0.15) is 20.8 Å². The molecule has 4 nitrogen and oxygen atoms in total. The quantitative estimate of drug-likeness (QED) is 0.504. The fourth-order valence-corrected chi connectivity index (χ4v) is 4.48. The first-order valence-corrected chi connectivity index (χ1v) is 9.79. The molecule has 25 heavy (non-hydrogen) atoms. The van der Waals surface area contributed by atoms with E-state index >= 15 is 0 Å². The fourth-order valence-electron chi connectivity index (χ4n) is 2.27. The number of thioether (sulfide) groups is 1. The Hall–Kier alpha value is -1.92. The van der Waals surface area contributed by atoms with E-state index in [2.05, 4.69) is 4.98 Å². The van der Waals surface area contributed by atoms with Crippen LogP contribution < -0.4 is 5.56 Å². The first kappa shape index (κ1) is 17.9. The van der Waals surface area contributed by atoms with E-state index < -0.39 is 0 Å². The van der Waals surface area contributed by atoms with Gasteiger partial charge < -0.3 is 0 Å². The zero-order valence-electron chi connectivity index (χ0n) is 14.7. The summed E-state index contributed by atoms with van der Waals surface area (Å²) in [5, 5.41) is 1.20. The number of thiophene rings is 1. The van der Waals surface area contributed by atoms with E-state index in [9.17, 15) is 9.59 Å². The Labute approximate surface area is 154 Å². The lowest BCUT2D eigenvalue weighted by molar-refractivity contribution is -0.123. The maximum Gasteiger partial charge on any atom is 0.262 e. The number of carbonyl (C=O) groups is 1. The molecule has 2 heterocycles. The highest BCUT2D eigenvalue weighted by Gasteiger charge is 2.22. The Morgan fingerprint density at radius 2 is 1.92 bits per heavy atom. The van der Waals surface area contributed by atoms with E-state index in [1.807, 2.05) is 57.2 Å². The van der Waals surface area contributed by atoms with Crippen LogP contribution in [-0.4, -0.2) is 21.1 Å². The van der Waals surface area contributed by atoms with Gasteiger partial charge in [0, 0.05) is 17.3 Å². The average Bonchev–Trinajstić information content (AvgIpc) is 3.00. The molecule has 6 heteroatoms. The van der Waals surface area contributed by atoms with Crippen LogP contribution >= 0.6 is 23.1 Å². The summed E-state index contributed by atoms with van der Waals surface area (Å²) >= 11 is 2.83. The number of Topliss-reactive ketones (excluding diaryl/α,β-unsaturated/α-hetero) is 1. The second-order valence-corrected chi connectivity index (χ2v) is 8.89. The van der Waals surface area contributed by atoms with Crippen LogP contribution in [0.4, 0.5) is 0 Å². The Morgan fingerprint density at radius 3 is 2.56 bits per heavy atom. The zero-order chi connectivity index (χ0) is 18.2. The summed E-state index contributed by atoms with van der Waals surface area (Å²) in [6.45, 7) is 5.70. The van der Waals surface area contributed by atoms with Gasteiger partial charge in [0.1, 0.15) is 10.6 Å². The molecule has 0 aliphatic rings. The molecule has 0 saturated heterocycles. The third-order valence-corrected chi connectivity index (χ3v) is 6.07. The molecule has 3 aromatic rings. The average molecular weight is 373 g/mol. The number of ketones is 1. The molecular formula is C19H20N2O2S2. The molecule has 0 N–H and O–H groups in total. The number of hydrogen-bond acceptors (Lipinski definition) is 5. The molecule has 0 fully saturated rings. The minimum atomic E-state index is -0.390. The number of aromatic nitrogens is 2. The molecule has 130 valence electrons. The number of fused-ring (bicyclic) bond motifs is 1. The van der Waals surface area contributed by atoms with Gasteiger partial charge in [-0.2, -0.15) is 0 Å². The van der Waals surface area contributed by atoms with Crippen LogP contribution in [0.15, 0.2) is 46.3 Å². The Morgan fingerprint density at radius 1 is 1.24 bits per heavy atom. The first-order chi connectivity index (χ1) is 11.8. The maximum absolute atomic E-state index is 12.7. The van der Waals surface area contributed by atoms with Crippen LogP contribution in [-0.2, 0) is 11.8 Å². The van der Waals surface area contributed by atoms with Gasteiger partial charge in [0.05, 0.1) is 11.1 Å². The summed E-state index contributed by atoms with van der Waals surface area (Å²) in [6, 6.07) is 11.9. The molecule has 0 aliphatic heterocycles. The minimum Gasteiger partial charge on any atom is -0.298 e. The van der Waals surface area contributed by atoms with E-state index in [1.165, 1.54) is 27.7 Å². The molecule has 0 radical (unpaired) electrons. The summed E-state index contributed by atoms with van der Waals surface area (Å²) in [4.78, 5) is 31.2. The minimum absolute atomic E-state index is 0.0749. The largest absolute Gasteiger partial charge is 0.298 e. The van der Waals surface area contributed by atoms with Crippen molar-refractivity contribution in [2.24, 2.45) is 12.5 Å². The highest BCUT2D eigenvalue weighted by Crippen LogP contribution is 2.32. The van der Waals surface area contributed by atoms with Crippen molar-refractivity contribution in [2.75, 3.05) is 5.75 Å². The topological polar surface area (TPSA) is 52.0 Å². The van der Waals surface area contributed by atoms with Gasteiger partial charge in [0.25, 0.3) is 5.56 Å². The summed E-state index contributed by atoms with van der Waals surface area (Å²) in [5.41, 5.74) is 0.609. The maximum atomic E-state index is 12.7. The van der Waals surface area contributed by atoms with Gasteiger partial charge in [-0.1, -0.05) is 62.9 Å². The predicted molar refractivity (Wildman–Crippen MR) is 105 cm³/mol. The molecule has 0 saturated carbocycles. The van der Waals surface area contributed by atoms with Crippen molar-refractivity contribution in [3.63, 3.8) is 0 Å². The van der Waals surface area contributed by atoms with Gasteiger partial charge in [-0.3, -0.25) is 14.2 Å². The molecule has 2 aromatic heterocycles. The molecule has 0 atom stereocenters. The molecule has 0 unspecified atom stereocenters. The van der Waals surface area contributed by atoms with Crippen molar-refractivity contribution in [1.29, 1.82) is 0 Å². The highest BCUT2D eigenvalue weighted by atomic mass is 32.2. The Bertz CT molecular complexity index is 982. The number of nitrogens with zero attached hydrogens (tertiary/aromatic N) is 2. The highest BCUT2D eigenvalue weighted by molar-refractivity contribution is 7.99. The van der Waals surface area contributed by atoms with Gasteiger partial charge in [-0.25, -0.2) is 4.98 Å². The number of rotatable bonds is 4. The SMILES string of the molecule is Cn1c(SCC(=O)C(C)(C)C)nc2sc(-c3ccccc3)cc2c1=O. The summed E-state index contributed by atoms with van der Waals surface area (Å²) in [6.07, 6.45) is 0. The second kappa shape index (κ2) is 6.77. The molecule has 0 spiro atoms. The van der Waals surface area contributed by atoms with E-state index in [0.717, 1.165) is 10.4 Å². The van der Waals surface area contributed by atoms with Crippen molar-refractivity contribution >= 4 is 39.1 Å². The first-order valence-electron chi connectivity index (χ1n) is 7.99. The van der Waals surface area contributed by atoms with Gasteiger partial charge >= 0.3 is 0 Å². The van der Waals surface area contributed by atoms with E-state index in [1.54, 1.807) is 7.05 Å². The van der Waals surface area contributed by atoms with Crippen LogP contribution in [0.3, 0.4) is 0 Å². The molecule has 0 bridgehead atoms. The molecular weight excluding hydrogens is 352 g/mol. The lowest BCUT2D eigenvalue weighted by atomic mass is 9.92. The molecule has 3 rings (SSSR count). The van der Waals surface area contributed by atoms with E-state index in [4.69, 9.17) is 0 Å². The fraction of sp³-hybridized carbons (Fsp3) is 0.316. The van der Waals surface area contributed by atoms with Gasteiger partial charge in [-0.05, 0) is 11.6 Å². The molecule has 1 aromatic carbocycles. The number of hydrogen-bond donors (Lipinski definition) is 0. The normalized spacial score (nSPS) is 11.8. The lowest BCUT2D eigenvalue weighted by Crippen LogP contribution is -2.24. The van der Waals surface area contributed by atoms with Gasteiger partial charge in [-0.15, -0.1) is 11.3 Å². The molecule has 0 amide bonds. The van der Waals surface area contributed by atoms with E-state index in [0.29, 0.717) is 21.1 Å². The third kappa shape index (κ3) is 3.70. The van der Waals surface area contributed by atoms with Crippen LogP contribution in [0.5, 0.6) is 0 Å². The standard InChI is InChI=1S/C19H20N2O2S2/c1-19(2,3)15(22)11-24-18-20-16-13(17(23)21(18)4)10-14(25-16)12-8-6-5-7-9-12/h5-10H,11H2,1-4H3. The monoisotopic (exact) mass is 372 g/mol. The van der Waals surface area contributed by atoms with Crippen molar-refractivity contribution < 1.29 is 4.79 Å². The summed E-state index contributed by atoms with van der Waals surface area (Å²) in [5.74, 6) is 0.453. The molecule has 0 aliphatic carbocycles. The Balaban J connectivity index is 1.98. The predicted octanol–water partition coefficient (Wildman–Crippen LogP) is 4.37. The van der Waals surface area contributed by atoms with Crippen LogP contribution in [0.2, 0.25) is 0 Å². The summed E-state index contributed by atoms with van der Waals surface area (Å²) in [7, 11) is 1.71. The van der Waals surface area contributed by atoms with Gasteiger partial charge in [0.2, 0.25) is 0 Å². The lowest BCUT2D eigenvalue weighted by Gasteiger charge is -2.16. The van der Waals surface area contributed by atoms with Crippen molar-refractivity contribution in [1.82, 2.24) is 9.55 Å². The smallest absolute Gasteiger partial charge is 0.262 e. The van der Waals surface area contributed by atoms with E-state index in [-0.39, 0.29) is 16.8 Å². The number of benzene rings is 1. The van der Waals surface area contributed by atoms with Crippen LogP contribution in [0, 0.1) is 5.41 Å². The summed E-state index contributed by atoms with van der Waals surface area (Å²) < 4.78 is 1.53. The van der Waals surface area contributed by atoms with Gasteiger partial charge in [0.15, 0.2) is 5.16 Å². The van der Waals surface area contributed by atoms with Crippen molar-refractivity contribution in [2.45, 2.75) is 25.9 Å².